The molecule has 3 aromatic rings. The van der Waals surface area contributed by atoms with Crippen molar-refractivity contribution in [3.63, 3.8) is 0 Å². The van der Waals surface area contributed by atoms with Gasteiger partial charge in [0.2, 0.25) is 0 Å². The van der Waals surface area contributed by atoms with Crippen molar-refractivity contribution in [3.05, 3.63) is 56.5 Å². The largest absolute Gasteiger partial charge is 0.550 e. The average molecular weight is 384 g/mol. The Labute approximate surface area is 146 Å². The van der Waals surface area contributed by atoms with Crippen LogP contribution in [0.15, 0.2) is 33.9 Å². The van der Waals surface area contributed by atoms with Gasteiger partial charge in [-0.1, -0.05) is 0 Å². The summed E-state index contributed by atoms with van der Waals surface area (Å²) in [6.07, 6.45) is -5.32. The number of fused-ring (bicyclic) bond motifs is 1. The van der Waals surface area contributed by atoms with Gasteiger partial charge in [0.1, 0.15) is 5.69 Å². The third-order valence-electron chi connectivity index (χ3n) is 3.71. The lowest BCUT2D eigenvalue weighted by Crippen LogP contribution is -2.40. The molecule has 0 aliphatic heterocycles. The van der Waals surface area contributed by atoms with Gasteiger partial charge in [-0.15, -0.1) is 0 Å². The second-order valence-corrected chi connectivity index (χ2v) is 6.21. The number of aromatic nitrogens is 3. The van der Waals surface area contributed by atoms with Crippen LogP contribution in [0.4, 0.5) is 13.2 Å². The molecular weight excluding hydrogens is 375 g/mol. The Morgan fingerprint density at radius 3 is 2.58 bits per heavy atom. The van der Waals surface area contributed by atoms with E-state index in [1.807, 2.05) is 0 Å². The molecule has 0 unspecified atom stereocenters. The first-order valence-corrected chi connectivity index (χ1v) is 7.85. The van der Waals surface area contributed by atoms with Gasteiger partial charge in [-0.3, -0.25) is 9.36 Å². The maximum atomic E-state index is 12.9. The fraction of sp³-hybridized carbons (Fsp3) is 0.200. The Morgan fingerprint density at radius 2 is 1.96 bits per heavy atom. The summed E-state index contributed by atoms with van der Waals surface area (Å²) in [7, 11) is 0.910. The summed E-state index contributed by atoms with van der Waals surface area (Å²) in [5.74, 6) is -1.36. The molecule has 26 heavy (non-hydrogen) atoms. The highest BCUT2D eigenvalue weighted by Gasteiger charge is 2.35. The molecule has 0 fully saturated rings. The van der Waals surface area contributed by atoms with Crippen LogP contribution >= 0.6 is 11.5 Å². The van der Waals surface area contributed by atoms with Crippen molar-refractivity contribution in [2.45, 2.75) is 12.6 Å². The molecular formula is C15H9F3N3O4S-. The monoisotopic (exact) mass is 384 g/mol. The first-order valence-electron chi connectivity index (χ1n) is 7.08. The van der Waals surface area contributed by atoms with Crippen LogP contribution in [0.3, 0.4) is 0 Å². The minimum atomic E-state index is -4.85. The van der Waals surface area contributed by atoms with Crippen molar-refractivity contribution in [1.82, 2.24) is 13.5 Å². The van der Waals surface area contributed by atoms with E-state index in [0.717, 1.165) is 18.6 Å². The average Bonchev–Trinajstić information content (AvgIpc) is 2.92. The van der Waals surface area contributed by atoms with E-state index in [2.05, 4.69) is 4.37 Å². The van der Waals surface area contributed by atoms with Crippen molar-refractivity contribution in [2.24, 2.45) is 7.05 Å². The smallest absolute Gasteiger partial charge is 0.431 e. The number of nitrogens with zero attached hydrogens (tertiary/aromatic N) is 3. The minimum Gasteiger partial charge on any atom is -0.550 e. The van der Waals surface area contributed by atoms with Crippen LogP contribution in [-0.2, 0) is 24.4 Å². The number of rotatable bonds is 3. The number of carboxylic acids is 1. The molecule has 0 spiro atoms. The summed E-state index contributed by atoms with van der Waals surface area (Å²) >= 11 is 1.02. The van der Waals surface area contributed by atoms with E-state index in [9.17, 15) is 32.7 Å². The number of aliphatic carboxylic acids is 1. The van der Waals surface area contributed by atoms with Crippen molar-refractivity contribution in [2.75, 3.05) is 0 Å². The van der Waals surface area contributed by atoms with E-state index in [0.29, 0.717) is 25.3 Å². The van der Waals surface area contributed by atoms with Crippen LogP contribution in [0.25, 0.3) is 15.8 Å². The maximum absolute atomic E-state index is 12.9. The van der Waals surface area contributed by atoms with Crippen molar-refractivity contribution >= 4 is 27.6 Å². The molecule has 0 saturated heterocycles. The van der Waals surface area contributed by atoms with Gasteiger partial charge in [0.15, 0.2) is 0 Å². The highest BCUT2D eigenvalue weighted by atomic mass is 32.1. The van der Waals surface area contributed by atoms with Crippen molar-refractivity contribution < 1.29 is 23.1 Å². The summed E-state index contributed by atoms with van der Waals surface area (Å²) in [6.45, 7) is 0. The Bertz CT molecular complexity index is 1140. The summed E-state index contributed by atoms with van der Waals surface area (Å²) < 4.78 is 44.2. The maximum Gasteiger partial charge on any atom is 0.431 e. The number of carbonyl (C=O) groups is 1. The Hall–Kier alpha value is -2.95. The predicted octanol–water partition coefficient (Wildman–Crippen LogP) is 0.457. The molecule has 0 bridgehead atoms. The third-order valence-corrected chi connectivity index (χ3v) is 4.57. The van der Waals surface area contributed by atoms with Gasteiger partial charge >= 0.3 is 11.9 Å². The number of carboxylic acid groups (broad SMARTS) is 1. The zero-order valence-corrected chi connectivity index (χ0v) is 13.8. The van der Waals surface area contributed by atoms with Crippen LogP contribution in [0.5, 0.6) is 0 Å². The Morgan fingerprint density at radius 1 is 1.27 bits per heavy atom. The van der Waals surface area contributed by atoms with Gasteiger partial charge in [0.25, 0.3) is 5.56 Å². The number of carbonyl (C=O) groups excluding carboxylic acids is 1. The molecule has 3 rings (SSSR count). The quantitative estimate of drug-likeness (QED) is 0.654. The van der Waals surface area contributed by atoms with Crippen molar-refractivity contribution in [3.8, 4) is 5.69 Å². The summed E-state index contributed by atoms with van der Waals surface area (Å²) in [6, 6.07) is 4.55. The molecule has 2 heterocycles. The number of benzene rings is 1. The van der Waals surface area contributed by atoms with Crippen LogP contribution < -0.4 is 16.4 Å². The van der Waals surface area contributed by atoms with E-state index < -0.39 is 35.5 Å². The second kappa shape index (κ2) is 6.09. The molecule has 1 aromatic carbocycles. The normalized spacial score (nSPS) is 11.8. The molecule has 2 aromatic heterocycles. The lowest BCUT2D eigenvalue weighted by molar-refractivity contribution is -0.304. The van der Waals surface area contributed by atoms with E-state index in [1.54, 1.807) is 0 Å². The van der Waals surface area contributed by atoms with Gasteiger partial charge in [-0.05, 0) is 29.7 Å². The topological polar surface area (TPSA) is 97.0 Å². The second-order valence-electron chi connectivity index (χ2n) is 5.40. The molecule has 0 aliphatic carbocycles. The van der Waals surface area contributed by atoms with Crippen molar-refractivity contribution in [1.29, 1.82) is 0 Å². The molecule has 0 aliphatic rings. The number of hydrogen-bond acceptors (Lipinski definition) is 6. The number of hydrogen-bond donors (Lipinski definition) is 0. The fourth-order valence-corrected chi connectivity index (χ4v) is 3.29. The lowest BCUT2D eigenvalue weighted by Gasteiger charge is -2.14. The van der Waals surface area contributed by atoms with E-state index in [4.69, 9.17) is 0 Å². The summed E-state index contributed by atoms with van der Waals surface area (Å²) in [4.78, 5) is 35.2. The van der Waals surface area contributed by atoms with Crippen LogP contribution in [-0.4, -0.2) is 19.5 Å². The number of halogens is 3. The zero-order chi connectivity index (χ0) is 19.2. The molecule has 0 saturated carbocycles. The minimum absolute atomic E-state index is 0.0108. The molecule has 0 amide bonds. The SMILES string of the molecule is Cn1c(C(F)(F)F)cc(=O)n(-c2ccc3snc(CC(=O)[O-])c3c2)c1=O. The number of alkyl halides is 3. The van der Waals surface area contributed by atoms with Gasteiger partial charge in [0.05, 0.1) is 16.1 Å². The predicted molar refractivity (Wildman–Crippen MR) is 84.2 cm³/mol. The first-order chi connectivity index (χ1) is 12.1. The summed E-state index contributed by atoms with van der Waals surface area (Å²) in [5.41, 5.74) is -3.49. The van der Waals surface area contributed by atoms with Gasteiger partial charge in [-0.25, -0.2) is 9.36 Å². The van der Waals surface area contributed by atoms with Gasteiger partial charge < -0.3 is 9.90 Å². The highest BCUT2D eigenvalue weighted by molar-refractivity contribution is 7.13. The molecule has 0 atom stereocenters. The molecule has 0 radical (unpaired) electrons. The highest BCUT2D eigenvalue weighted by Crippen LogP contribution is 2.28. The van der Waals surface area contributed by atoms with E-state index >= 15 is 0 Å². The third kappa shape index (κ3) is 3.01. The Kier molecular flexibility index (Phi) is 4.18. The van der Waals surface area contributed by atoms with Crippen LogP contribution in [0.1, 0.15) is 11.4 Å². The lowest BCUT2D eigenvalue weighted by atomic mass is 10.1. The standard InChI is InChI=1S/C15H10F3N3O4S/c1-20-11(15(16,17)18)6-12(22)21(14(20)25)7-2-3-10-8(4-7)9(19-26-10)5-13(23)24/h2-4,6H,5H2,1H3,(H,23,24)/p-1. The van der Waals surface area contributed by atoms with E-state index in [1.165, 1.54) is 18.2 Å². The Balaban J connectivity index is 2.24. The van der Waals surface area contributed by atoms with Crippen LogP contribution in [0.2, 0.25) is 0 Å². The van der Waals surface area contributed by atoms with Crippen LogP contribution in [0, 0.1) is 0 Å². The zero-order valence-electron chi connectivity index (χ0n) is 13.0. The fourth-order valence-electron chi connectivity index (χ4n) is 2.52. The first kappa shape index (κ1) is 17.9. The van der Waals surface area contributed by atoms with Gasteiger partial charge in [0, 0.05) is 30.9 Å². The molecule has 0 N–H and O–H groups in total. The van der Waals surface area contributed by atoms with E-state index in [-0.39, 0.29) is 11.4 Å². The molecule has 11 heteroatoms. The summed E-state index contributed by atoms with van der Waals surface area (Å²) in [5, 5.41) is 11.2. The van der Waals surface area contributed by atoms with Gasteiger partial charge in [-0.2, -0.15) is 17.5 Å². The molecule has 7 nitrogen and oxygen atoms in total. The molecule has 136 valence electrons.